The second-order valence-electron chi connectivity index (χ2n) is 7.68. The number of carbonyl (C=O) groups is 1. The van der Waals surface area contributed by atoms with Crippen LogP contribution in [0.2, 0.25) is 0 Å². The third kappa shape index (κ3) is 4.37. The average molecular weight is 317 g/mol. The minimum atomic E-state index is 0.294. The van der Waals surface area contributed by atoms with Crippen LogP contribution in [0.25, 0.3) is 0 Å². The summed E-state index contributed by atoms with van der Waals surface area (Å²) in [6.45, 7) is 8.61. The molecule has 1 aliphatic carbocycles. The van der Waals surface area contributed by atoms with Crippen LogP contribution in [0.3, 0.4) is 0 Å². The van der Waals surface area contributed by atoms with Crippen molar-refractivity contribution in [2.24, 2.45) is 11.8 Å². The van der Waals surface area contributed by atoms with Crippen LogP contribution in [-0.4, -0.2) is 35.0 Å². The van der Waals surface area contributed by atoms with E-state index < -0.39 is 0 Å². The van der Waals surface area contributed by atoms with Crippen molar-refractivity contribution in [3.63, 3.8) is 0 Å². The van der Waals surface area contributed by atoms with E-state index in [0.717, 1.165) is 32.5 Å². The Bertz CT molecular complexity index is 518. The molecule has 3 rings (SSSR count). The van der Waals surface area contributed by atoms with Gasteiger partial charge in [-0.2, -0.15) is 0 Å². The highest BCUT2D eigenvalue weighted by molar-refractivity contribution is 5.79. The molecule has 0 spiro atoms. The molecule has 0 bridgehead atoms. The van der Waals surface area contributed by atoms with E-state index >= 15 is 0 Å². The second-order valence-corrected chi connectivity index (χ2v) is 7.68. The van der Waals surface area contributed by atoms with Crippen molar-refractivity contribution in [3.8, 4) is 0 Å². The van der Waals surface area contributed by atoms with Gasteiger partial charge in [-0.1, -0.05) is 6.42 Å². The Morgan fingerprint density at radius 1 is 1.30 bits per heavy atom. The molecular weight excluding hydrogens is 286 g/mol. The van der Waals surface area contributed by atoms with Crippen LogP contribution >= 0.6 is 0 Å². The molecular formula is C19H31N3O. The molecule has 1 N–H and O–H groups in total. The van der Waals surface area contributed by atoms with Gasteiger partial charge in [0.2, 0.25) is 5.91 Å². The van der Waals surface area contributed by atoms with Gasteiger partial charge in [0.1, 0.15) is 0 Å². The van der Waals surface area contributed by atoms with E-state index in [-0.39, 0.29) is 0 Å². The number of hydrogen-bond acceptors (Lipinski definition) is 2. The normalized spacial score (nSPS) is 23.0. The summed E-state index contributed by atoms with van der Waals surface area (Å²) in [5.41, 5.74) is 1.40. The van der Waals surface area contributed by atoms with Crippen molar-refractivity contribution in [1.82, 2.24) is 14.8 Å². The molecule has 0 unspecified atom stereocenters. The third-order valence-electron chi connectivity index (χ3n) is 5.42. The fourth-order valence-electron chi connectivity index (χ4n) is 3.65. The summed E-state index contributed by atoms with van der Waals surface area (Å²) in [6.07, 6.45) is 10.4. The maximum atomic E-state index is 12.0. The fraction of sp³-hybridized carbons (Fsp3) is 0.737. The fourth-order valence-corrected chi connectivity index (χ4v) is 3.65. The minimum Gasteiger partial charge on any atom is -0.356 e. The Balaban J connectivity index is 1.44. The Morgan fingerprint density at radius 3 is 2.78 bits per heavy atom. The van der Waals surface area contributed by atoms with Crippen molar-refractivity contribution in [3.05, 3.63) is 24.0 Å². The lowest BCUT2D eigenvalue weighted by atomic mass is 9.84. The molecule has 1 atom stereocenters. The highest BCUT2D eigenvalue weighted by Gasteiger charge is 2.26. The Morgan fingerprint density at radius 2 is 2.13 bits per heavy atom. The van der Waals surface area contributed by atoms with E-state index in [1.165, 1.54) is 31.4 Å². The topological polar surface area (TPSA) is 37.3 Å². The van der Waals surface area contributed by atoms with Crippen LogP contribution in [0.15, 0.2) is 18.5 Å². The van der Waals surface area contributed by atoms with E-state index in [4.69, 9.17) is 0 Å². The van der Waals surface area contributed by atoms with Gasteiger partial charge in [0, 0.05) is 44.0 Å². The average Bonchev–Trinajstić information content (AvgIpc) is 2.92. The first-order valence-electron chi connectivity index (χ1n) is 9.28. The van der Waals surface area contributed by atoms with E-state index in [1.807, 2.05) is 0 Å². The van der Waals surface area contributed by atoms with E-state index in [0.29, 0.717) is 23.8 Å². The maximum Gasteiger partial charge on any atom is 0.223 e. The van der Waals surface area contributed by atoms with Crippen molar-refractivity contribution in [1.29, 1.82) is 0 Å². The molecule has 1 aromatic rings. The quantitative estimate of drug-likeness (QED) is 0.875. The lowest BCUT2D eigenvalue weighted by molar-refractivity contribution is -0.127. The molecule has 0 radical (unpaired) electrons. The number of nitrogens with one attached hydrogen (secondary N) is 1. The largest absolute Gasteiger partial charge is 0.356 e. The van der Waals surface area contributed by atoms with Gasteiger partial charge in [0.25, 0.3) is 0 Å². The smallest absolute Gasteiger partial charge is 0.223 e. The van der Waals surface area contributed by atoms with Crippen LogP contribution in [0, 0.1) is 11.8 Å². The third-order valence-corrected chi connectivity index (χ3v) is 5.42. The first kappa shape index (κ1) is 16.6. The van der Waals surface area contributed by atoms with Gasteiger partial charge in [0.15, 0.2) is 0 Å². The number of likely N-dealkylation sites (tertiary alicyclic amines) is 1. The second kappa shape index (κ2) is 7.52. The number of piperidine rings is 1. The molecule has 2 heterocycles. The van der Waals surface area contributed by atoms with Crippen molar-refractivity contribution in [2.75, 3.05) is 19.6 Å². The zero-order valence-electron chi connectivity index (χ0n) is 14.6. The number of nitrogens with zero attached hydrogens (tertiary/aromatic N) is 2. The highest BCUT2D eigenvalue weighted by Crippen LogP contribution is 2.26. The maximum absolute atomic E-state index is 12.0. The molecule has 1 aromatic heterocycles. The minimum absolute atomic E-state index is 0.294. The van der Waals surface area contributed by atoms with Crippen LogP contribution in [0.1, 0.15) is 57.6 Å². The molecule has 1 saturated carbocycles. The van der Waals surface area contributed by atoms with Crippen molar-refractivity contribution < 1.29 is 4.79 Å². The van der Waals surface area contributed by atoms with E-state index in [9.17, 15) is 4.79 Å². The monoisotopic (exact) mass is 317 g/mol. The molecule has 128 valence electrons. The molecule has 0 aromatic carbocycles. The summed E-state index contributed by atoms with van der Waals surface area (Å²) >= 11 is 0. The molecule has 2 fully saturated rings. The highest BCUT2D eigenvalue weighted by atomic mass is 16.1. The van der Waals surface area contributed by atoms with Gasteiger partial charge in [-0.05, 0) is 63.6 Å². The zero-order chi connectivity index (χ0) is 16.2. The summed E-state index contributed by atoms with van der Waals surface area (Å²) in [4.78, 5) is 14.5. The Kier molecular flexibility index (Phi) is 5.42. The summed E-state index contributed by atoms with van der Waals surface area (Å²) < 4.78 is 2.27. The first-order valence-corrected chi connectivity index (χ1v) is 9.28. The Labute approximate surface area is 140 Å². The number of carbonyl (C=O) groups excluding carboxylic acids is 1. The summed E-state index contributed by atoms with van der Waals surface area (Å²) in [5, 5.41) is 3.19. The van der Waals surface area contributed by atoms with Gasteiger partial charge < -0.3 is 9.88 Å². The molecule has 4 heteroatoms. The molecule has 2 aliphatic rings. The van der Waals surface area contributed by atoms with Gasteiger partial charge in [-0.3, -0.25) is 9.69 Å². The Hall–Kier alpha value is -1.29. The summed E-state index contributed by atoms with van der Waals surface area (Å²) in [6, 6.07) is 2.77. The van der Waals surface area contributed by atoms with Gasteiger partial charge in [-0.25, -0.2) is 0 Å². The van der Waals surface area contributed by atoms with Crippen molar-refractivity contribution >= 4 is 5.91 Å². The molecule has 1 saturated heterocycles. The van der Waals surface area contributed by atoms with Gasteiger partial charge >= 0.3 is 0 Å². The van der Waals surface area contributed by atoms with Crippen LogP contribution in [0.4, 0.5) is 0 Å². The molecule has 23 heavy (non-hydrogen) atoms. The lowest BCUT2D eigenvalue weighted by Gasteiger charge is -2.33. The van der Waals surface area contributed by atoms with E-state index in [1.54, 1.807) is 0 Å². The number of hydrogen-bond donors (Lipinski definition) is 1. The predicted molar refractivity (Wildman–Crippen MR) is 93.2 cm³/mol. The van der Waals surface area contributed by atoms with Gasteiger partial charge in [0.05, 0.1) is 0 Å². The summed E-state index contributed by atoms with van der Waals surface area (Å²) in [5.74, 6) is 1.22. The molecule has 4 nitrogen and oxygen atoms in total. The predicted octanol–water partition coefficient (Wildman–Crippen LogP) is 3.20. The number of aromatic nitrogens is 1. The number of rotatable bonds is 6. The molecule has 1 aliphatic heterocycles. The zero-order valence-corrected chi connectivity index (χ0v) is 14.6. The first-order chi connectivity index (χ1) is 11.1. The molecule has 1 amide bonds. The van der Waals surface area contributed by atoms with Crippen LogP contribution in [0.5, 0.6) is 0 Å². The van der Waals surface area contributed by atoms with Crippen molar-refractivity contribution in [2.45, 2.75) is 58.5 Å². The van der Waals surface area contributed by atoms with Crippen LogP contribution in [-0.2, 0) is 11.3 Å². The van der Waals surface area contributed by atoms with E-state index in [2.05, 4.69) is 47.1 Å². The standard InChI is InChI=1S/C19H31N3O/c1-15(2)22-10-8-17(14-22)13-21-9-4-5-16(12-21)11-20-19(23)18-6-3-7-18/h8,10,14-16,18H,3-7,9,11-13H2,1-2H3,(H,20,23)/t16-/m1/s1. The SMILES string of the molecule is CC(C)n1ccc(CN2CCC[C@H](CNC(=O)C3CCC3)C2)c1. The summed E-state index contributed by atoms with van der Waals surface area (Å²) in [7, 11) is 0. The van der Waals surface area contributed by atoms with Gasteiger partial charge in [-0.15, -0.1) is 0 Å². The number of amides is 1. The lowest BCUT2D eigenvalue weighted by Crippen LogP contribution is -2.42. The van der Waals surface area contributed by atoms with Crippen LogP contribution < -0.4 is 5.32 Å².